The summed E-state index contributed by atoms with van der Waals surface area (Å²) in [5.41, 5.74) is 0.730. The van der Waals surface area contributed by atoms with Gasteiger partial charge in [-0.3, -0.25) is 4.98 Å². The standard InChI is InChI=1S/C17H23N3O3S/c1-13-9-10-17(23-13)16-8-6-12-20(16)24(21,22)19(3)14(2)15-7-4-5-11-18-15/h4-5,7,9-11,14,16H,6,8,12H2,1-3H3/t14-,16+/m1/s1. The molecule has 2 aromatic rings. The van der Waals surface area contributed by atoms with Crippen LogP contribution in [0, 0.1) is 6.92 Å². The number of aromatic nitrogens is 1. The number of rotatable bonds is 5. The molecule has 0 saturated carbocycles. The summed E-state index contributed by atoms with van der Waals surface area (Å²) >= 11 is 0. The molecule has 3 heterocycles. The molecular weight excluding hydrogens is 326 g/mol. The lowest BCUT2D eigenvalue weighted by molar-refractivity contribution is 0.292. The number of nitrogens with zero attached hydrogens (tertiary/aromatic N) is 3. The van der Waals surface area contributed by atoms with Crippen molar-refractivity contribution in [1.29, 1.82) is 0 Å². The first kappa shape index (κ1) is 17.1. The van der Waals surface area contributed by atoms with Crippen molar-refractivity contribution in [3.63, 3.8) is 0 Å². The lowest BCUT2D eigenvalue weighted by Crippen LogP contribution is -2.42. The van der Waals surface area contributed by atoms with Crippen molar-refractivity contribution in [2.24, 2.45) is 0 Å². The molecule has 2 atom stereocenters. The Morgan fingerprint density at radius 2 is 2.12 bits per heavy atom. The molecule has 1 aliphatic rings. The molecule has 1 aliphatic heterocycles. The zero-order valence-corrected chi connectivity index (χ0v) is 15.0. The Morgan fingerprint density at radius 1 is 1.33 bits per heavy atom. The maximum absolute atomic E-state index is 13.1. The summed E-state index contributed by atoms with van der Waals surface area (Å²) in [5.74, 6) is 1.51. The fraction of sp³-hybridized carbons (Fsp3) is 0.471. The molecule has 2 aromatic heterocycles. The van der Waals surface area contributed by atoms with Crippen LogP contribution in [0.1, 0.15) is 49.1 Å². The molecule has 130 valence electrons. The van der Waals surface area contributed by atoms with Crippen molar-refractivity contribution in [3.8, 4) is 0 Å². The molecule has 1 fully saturated rings. The Morgan fingerprint density at radius 3 is 2.75 bits per heavy atom. The zero-order chi connectivity index (χ0) is 17.3. The van der Waals surface area contributed by atoms with Crippen LogP contribution in [0.3, 0.4) is 0 Å². The predicted octanol–water partition coefficient (Wildman–Crippen LogP) is 3.06. The van der Waals surface area contributed by atoms with Crippen molar-refractivity contribution in [1.82, 2.24) is 13.6 Å². The van der Waals surface area contributed by atoms with Crippen molar-refractivity contribution in [3.05, 3.63) is 53.7 Å². The van der Waals surface area contributed by atoms with Crippen LogP contribution in [0.5, 0.6) is 0 Å². The molecule has 0 bridgehead atoms. The van der Waals surface area contributed by atoms with Crippen LogP contribution in [0.25, 0.3) is 0 Å². The van der Waals surface area contributed by atoms with Gasteiger partial charge in [0.05, 0.1) is 17.8 Å². The smallest absolute Gasteiger partial charge is 0.283 e. The number of hydrogen-bond acceptors (Lipinski definition) is 4. The fourth-order valence-electron chi connectivity index (χ4n) is 3.11. The van der Waals surface area contributed by atoms with E-state index in [0.717, 1.165) is 24.3 Å². The van der Waals surface area contributed by atoms with E-state index >= 15 is 0 Å². The molecule has 0 N–H and O–H groups in total. The van der Waals surface area contributed by atoms with Gasteiger partial charge in [-0.25, -0.2) is 0 Å². The highest BCUT2D eigenvalue weighted by Gasteiger charge is 2.40. The second-order valence-corrected chi connectivity index (χ2v) is 8.11. The minimum Gasteiger partial charge on any atom is -0.465 e. The minimum atomic E-state index is -3.61. The van der Waals surface area contributed by atoms with E-state index in [2.05, 4.69) is 4.98 Å². The molecule has 0 aliphatic carbocycles. The molecule has 0 spiro atoms. The van der Waals surface area contributed by atoms with Crippen molar-refractivity contribution >= 4 is 10.2 Å². The van der Waals surface area contributed by atoms with E-state index in [9.17, 15) is 8.42 Å². The molecule has 0 amide bonds. The number of furan rings is 1. The summed E-state index contributed by atoms with van der Waals surface area (Å²) in [6, 6.07) is 8.70. The lowest BCUT2D eigenvalue weighted by atomic mass is 10.2. The second-order valence-electron chi connectivity index (χ2n) is 6.17. The highest BCUT2D eigenvalue weighted by molar-refractivity contribution is 7.86. The van der Waals surface area contributed by atoms with E-state index in [-0.39, 0.29) is 12.1 Å². The maximum atomic E-state index is 13.1. The lowest BCUT2D eigenvalue weighted by Gasteiger charge is -2.31. The van der Waals surface area contributed by atoms with E-state index in [4.69, 9.17) is 4.42 Å². The first-order chi connectivity index (χ1) is 11.4. The van der Waals surface area contributed by atoms with Crippen LogP contribution in [0.2, 0.25) is 0 Å². The van der Waals surface area contributed by atoms with Crippen molar-refractivity contribution in [2.45, 2.75) is 38.8 Å². The van der Waals surface area contributed by atoms with Gasteiger partial charge in [0.15, 0.2) is 0 Å². The summed E-state index contributed by atoms with van der Waals surface area (Å²) in [6.07, 6.45) is 3.28. The highest BCUT2D eigenvalue weighted by atomic mass is 32.2. The van der Waals surface area contributed by atoms with E-state index < -0.39 is 10.2 Å². The molecule has 0 unspecified atom stereocenters. The van der Waals surface area contributed by atoms with Gasteiger partial charge in [-0.2, -0.15) is 17.0 Å². The minimum absolute atomic E-state index is 0.234. The Kier molecular flexibility index (Phi) is 4.76. The van der Waals surface area contributed by atoms with Crippen LogP contribution in [0.15, 0.2) is 40.9 Å². The van der Waals surface area contributed by atoms with E-state index in [0.29, 0.717) is 12.3 Å². The van der Waals surface area contributed by atoms with Gasteiger partial charge in [0, 0.05) is 19.8 Å². The molecule has 3 rings (SSSR count). The molecular formula is C17H23N3O3S. The summed E-state index contributed by atoms with van der Waals surface area (Å²) in [5, 5.41) is 0. The van der Waals surface area contributed by atoms with E-state index in [1.165, 1.54) is 4.31 Å². The molecule has 24 heavy (non-hydrogen) atoms. The van der Waals surface area contributed by atoms with Gasteiger partial charge in [-0.05, 0) is 51.0 Å². The summed E-state index contributed by atoms with van der Waals surface area (Å²) in [4.78, 5) is 4.28. The summed E-state index contributed by atoms with van der Waals surface area (Å²) < 4.78 is 34.9. The molecule has 1 saturated heterocycles. The van der Waals surface area contributed by atoms with Gasteiger partial charge in [-0.1, -0.05) is 6.07 Å². The number of pyridine rings is 1. The van der Waals surface area contributed by atoms with Gasteiger partial charge >= 0.3 is 0 Å². The third-order valence-corrected chi connectivity index (χ3v) is 6.69. The Balaban J connectivity index is 1.86. The molecule has 7 heteroatoms. The maximum Gasteiger partial charge on any atom is 0.283 e. The SMILES string of the molecule is Cc1ccc([C@@H]2CCCN2S(=O)(=O)N(C)[C@H](C)c2ccccn2)o1. The number of hydrogen-bond donors (Lipinski definition) is 0. The van der Waals surface area contributed by atoms with Gasteiger partial charge < -0.3 is 4.42 Å². The van der Waals surface area contributed by atoms with Crippen LogP contribution >= 0.6 is 0 Å². The quantitative estimate of drug-likeness (QED) is 0.832. The Bertz CT molecular complexity index is 788. The molecule has 0 radical (unpaired) electrons. The highest BCUT2D eigenvalue weighted by Crippen LogP contribution is 2.37. The van der Waals surface area contributed by atoms with Gasteiger partial charge in [0.25, 0.3) is 10.2 Å². The predicted molar refractivity (Wildman–Crippen MR) is 91.5 cm³/mol. The third-order valence-electron chi connectivity index (χ3n) is 4.61. The normalized spacial score (nSPS) is 20.6. The third kappa shape index (κ3) is 3.11. The van der Waals surface area contributed by atoms with Crippen LogP contribution < -0.4 is 0 Å². The van der Waals surface area contributed by atoms with E-state index in [1.807, 2.05) is 44.2 Å². The van der Waals surface area contributed by atoms with Crippen molar-refractivity contribution < 1.29 is 12.8 Å². The average molecular weight is 349 g/mol. The van der Waals surface area contributed by atoms with Gasteiger partial charge in [0.1, 0.15) is 11.5 Å². The molecule has 0 aromatic carbocycles. The Labute approximate surface area is 143 Å². The molecule has 6 nitrogen and oxygen atoms in total. The zero-order valence-electron chi connectivity index (χ0n) is 14.2. The monoisotopic (exact) mass is 349 g/mol. The Hall–Kier alpha value is -1.70. The largest absolute Gasteiger partial charge is 0.465 e. The van der Waals surface area contributed by atoms with Crippen LogP contribution in [-0.2, 0) is 10.2 Å². The summed E-state index contributed by atoms with van der Waals surface area (Å²) in [6.45, 7) is 4.22. The van der Waals surface area contributed by atoms with E-state index in [1.54, 1.807) is 17.5 Å². The average Bonchev–Trinajstić information content (AvgIpc) is 3.23. The van der Waals surface area contributed by atoms with Crippen LogP contribution in [-0.4, -0.2) is 35.6 Å². The van der Waals surface area contributed by atoms with Crippen LogP contribution in [0.4, 0.5) is 0 Å². The van der Waals surface area contributed by atoms with Gasteiger partial charge in [0.2, 0.25) is 0 Å². The number of aryl methyl sites for hydroxylation is 1. The fourth-order valence-corrected chi connectivity index (χ4v) is 4.84. The summed E-state index contributed by atoms with van der Waals surface area (Å²) in [7, 11) is -2.00. The van der Waals surface area contributed by atoms with Gasteiger partial charge in [-0.15, -0.1) is 0 Å². The topological polar surface area (TPSA) is 66.7 Å². The second kappa shape index (κ2) is 6.66. The first-order valence-electron chi connectivity index (χ1n) is 8.13. The van der Waals surface area contributed by atoms with Crippen molar-refractivity contribution in [2.75, 3.05) is 13.6 Å². The first-order valence-corrected chi connectivity index (χ1v) is 9.53.